The molecule has 0 fully saturated rings. The first-order chi connectivity index (χ1) is 10.5. The number of nitrogens with zero attached hydrogens (tertiary/aromatic N) is 1. The van der Waals surface area contributed by atoms with Crippen molar-refractivity contribution in [2.24, 2.45) is 0 Å². The molecule has 1 amide bonds. The van der Waals surface area contributed by atoms with Crippen LogP contribution in [-0.2, 0) is 9.53 Å². The lowest BCUT2D eigenvalue weighted by Crippen LogP contribution is -2.52. The summed E-state index contributed by atoms with van der Waals surface area (Å²) in [5.74, 6) is -0.809. The van der Waals surface area contributed by atoms with Crippen molar-refractivity contribution in [3.63, 3.8) is 0 Å². The topological polar surface area (TPSA) is 68.3 Å². The number of hydrogen-bond acceptors (Lipinski definition) is 6. The summed E-state index contributed by atoms with van der Waals surface area (Å²) in [7, 11) is 1.32. The molecule has 0 spiro atoms. The molecule has 0 aliphatic rings. The van der Waals surface area contributed by atoms with E-state index in [-0.39, 0.29) is 5.91 Å². The summed E-state index contributed by atoms with van der Waals surface area (Å²) in [5, 5.41) is 7.22. The summed E-state index contributed by atoms with van der Waals surface area (Å²) < 4.78 is 4.80. The van der Waals surface area contributed by atoms with Crippen LogP contribution in [0.25, 0.3) is 9.88 Å². The van der Waals surface area contributed by atoms with Gasteiger partial charge in [-0.3, -0.25) is 4.79 Å². The number of carbonyl (C=O) groups excluding carboxylic acids is 2. The minimum atomic E-state index is -1.03. The third-order valence-corrected chi connectivity index (χ3v) is 5.13. The molecular formula is C15H18N2O3S2. The zero-order chi connectivity index (χ0) is 16.2. The summed E-state index contributed by atoms with van der Waals surface area (Å²) in [6.45, 7) is 3.62. The number of thiazole rings is 1. The van der Waals surface area contributed by atoms with E-state index in [1.807, 2.05) is 24.4 Å². The second-order valence-electron chi connectivity index (χ2n) is 5.04. The van der Waals surface area contributed by atoms with Gasteiger partial charge in [0.25, 0.3) is 5.91 Å². The van der Waals surface area contributed by atoms with Crippen LogP contribution in [0.2, 0.25) is 0 Å². The Morgan fingerprint density at radius 3 is 2.77 bits per heavy atom. The number of aromatic nitrogens is 1. The highest BCUT2D eigenvalue weighted by Gasteiger charge is 2.35. The molecule has 0 saturated carbocycles. The van der Waals surface area contributed by atoms with Gasteiger partial charge in [-0.1, -0.05) is 19.4 Å². The predicted molar refractivity (Wildman–Crippen MR) is 88.2 cm³/mol. The molecule has 0 bridgehead atoms. The van der Waals surface area contributed by atoms with Crippen molar-refractivity contribution in [2.75, 3.05) is 7.11 Å². The maximum atomic E-state index is 12.4. The number of esters is 1. The Morgan fingerprint density at radius 1 is 1.41 bits per heavy atom. The lowest BCUT2D eigenvalue weighted by Gasteiger charge is -2.27. The maximum Gasteiger partial charge on any atom is 0.331 e. The second-order valence-corrected chi connectivity index (χ2v) is 6.85. The Bertz CT molecular complexity index is 652. The van der Waals surface area contributed by atoms with E-state index in [1.54, 1.807) is 23.6 Å². The molecule has 0 radical (unpaired) electrons. The molecule has 0 aromatic carbocycles. The van der Waals surface area contributed by atoms with Gasteiger partial charge in [-0.05, 0) is 24.8 Å². The van der Waals surface area contributed by atoms with Crippen LogP contribution >= 0.6 is 22.7 Å². The minimum absolute atomic E-state index is 0.319. The molecule has 1 unspecified atom stereocenters. The summed E-state index contributed by atoms with van der Waals surface area (Å²) in [6, 6.07) is 3.90. The summed E-state index contributed by atoms with van der Waals surface area (Å²) in [5.41, 5.74) is -0.715. The average molecular weight is 338 g/mol. The number of rotatable bonds is 6. The fraction of sp³-hybridized carbons (Fsp3) is 0.400. The van der Waals surface area contributed by atoms with E-state index in [1.165, 1.54) is 18.4 Å². The van der Waals surface area contributed by atoms with Crippen LogP contribution in [-0.4, -0.2) is 29.5 Å². The summed E-state index contributed by atoms with van der Waals surface area (Å²) in [4.78, 5) is 29.7. The number of thiophene rings is 1. The summed E-state index contributed by atoms with van der Waals surface area (Å²) in [6.07, 6.45) is 1.26. The van der Waals surface area contributed by atoms with Gasteiger partial charge >= 0.3 is 5.97 Å². The Balaban J connectivity index is 2.15. The normalized spacial score (nSPS) is 13.4. The standard InChI is InChI=1S/C15H18N2O3S2/c1-4-7-15(2,14(19)20-3)17-12(18)10-9-22-13(16-10)11-6-5-8-21-11/h5-6,8-9H,4,7H2,1-3H3,(H,17,18). The highest BCUT2D eigenvalue weighted by atomic mass is 32.1. The number of methoxy groups -OCH3 is 1. The Morgan fingerprint density at radius 2 is 2.18 bits per heavy atom. The molecule has 118 valence electrons. The lowest BCUT2D eigenvalue weighted by atomic mass is 9.96. The van der Waals surface area contributed by atoms with E-state index < -0.39 is 11.5 Å². The molecule has 2 rings (SSSR count). The van der Waals surface area contributed by atoms with Crippen molar-refractivity contribution < 1.29 is 14.3 Å². The van der Waals surface area contributed by atoms with E-state index in [0.29, 0.717) is 12.1 Å². The van der Waals surface area contributed by atoms with Gasteiger partial charge in [-0.2, -0.15) is 0 Å². The van der Waals surface area contributed by atoms with Crippen molar-refractivity contribution in [2.45, 2.75) is 32.2 Å². The van der Waals surface area contributed by atoms with Crippen molar-refractivity contribution in [1.82, 2.24) is 10.3 Å². The van der Waals surface area contributed by atoms with Crippen LogP contribution in [0.5, 0.6) is 0 Å². The van der Waals surface area contributed by atoms with Crippen molar-refractivity contribution in [3.05, 3.63) is 28.6 Å². The molecule has 22 heavy (non-hydrogen) atoms. The summed E-state index contributed by atoms with van der Waals surface area (Å²) >= 11 is 2.98. The van der Waals surface area contributed by atoms with Gasteiger partial charge < -0.3 is 10.1 Å². The van der Waals surface area contributed by atoms with Crippen LogP contribution < -0.4 is 5.32 Å². The molecule has 1 N–H and O–H groups in total. The zero-order valence-corrected chi connectivity index (χ0v) is 14.3. The maximum absolute atomic E-state index is 12.4. The molecule has 7 heteroatoms. The predicted octanol–water partition coefficient (Wildman–Crippen LogP) is 3.33. The molecule has 2 aromatic rings. The Labute approximate surface area is 137 Å². The fourth-order valence-electron chi connectivity index (χ4n) is 2.15. The van der Waals surface area contributed by atoms with Crippen molar-refractivity contribution in [1.29, 1.82) is 0 Å². The molecule has 2 aromatic heterocycles. The second kappa shape index (κ2) is 7.02. The highest BCUT2D eigenvalue weighted by Crippen LogP contribution is 2.28. The smallest absolute Gasteiger partial charge is 0.331 e. The fourth-order valence-corrected chi connectivity index (χ4v) is 3.76. The van der Waals surface area contributed by atoms with Crippen LogP contribution in [0, 0.1) is 0 Å². The van der Waals surface area contributed by atoms with E-state index in [4.69, 9.17) is 4.74 Å². The van der Waals surface area contributed by atoms with Gasteiger partial charge in [0.1, 0.15) is 16.2 Å². The van der Waals surface area contributed by atoms with Gasteiger partial charge in [-0.15, -0.1) is 22.7 Å². The van der Waals surface area contributed by atoms with Crippen molar-refractivity contribution in [3.8, 4) is 9.88 Å². The van der Waals surface area contributed by atoms with Gasteiger partial charge in [0.15, 0.2) is 0 Å². The average Bonchev–Trinajstić information content (AvgIpc) is 3.16. The van der Waals surface area contributed by atoms with E-state index in [2.05, 4.69) is 10.3 Å². The Kier molecular flexibility index (Phi) is 5.31. The molecule has 0 aliphatic heterocycles. The third-order valence-electron chi connectivity index (χ3n) is 3.24. The van der Waals surface area contributed by atoms with E-state index in [0.717, 1.165) is 16.3 Å². The largest absolute Gasteiger partial charge is 0.467 e. The Hall–Kier alpha value is -1.73. The first-order valence-electron chi connectivity index (χ1n) is 6.90. The molecule has 2 heterocycles. The van der Waals surface area contributed by atoms with Gasteiger partial charge in [0.2, 0.25) is 0 Å². The first kappa shape index (κ1) is 16.6. The number of nitrogens with one attached hydrogen (secondary N) is 1. The molecule has 0 saturated heterocycles. The monoisotopic (exact) mass is 338 g/mol. The van der Waals surface area contributed by atoms with E-state index in [9.17, 15) is 9.59 Å². The van der Waals surface area contributed by atoms with Crippen LogP contribution in [0.3, 0.4) is 0 Å². The number of carbonyl (C=O) groups is 2. The van der Waals surface area contributed by atoms with Crippen molar-refractivity contribution >= 4 is 34.6 Å². The number of hydrogen-bond donors (Lipinski definition) is 1. The number of ether oxygens (including phenoxy) is 1. The SMILES string of the molecule is CCCC(C)(NC(=O)c1csc(-c2cccs2)n1)C(=O)OC. The van der Waals surface area contributed by atoms with Gasteiger partial charge in [0, 0.05) is 5.38 Å². The molecular weight excluding hydrogens is 320 g/mol. The molecule has 1 atom stereocenters. The van der Waals surface area contributed by atoms with Crippen LogP contribution in [0.15, 0.2) is 22.9 Å². The third kappa shape index (κ3) is 3.53. The minimum Gasteiger partial charge on any atom is -0.467 e. The zero-order valence-electron chi connectivity index (χ0n) is 12.7. The molecule has 5 nitrogen and oxygen atoms in total. The first-order valence-corrected chi connectivity index (χ1v) is 8.66. The van der Waals surface area contributed by atoms with Crippen LogP contribution in [0.4, 0.5) is 0 Å². The lowest BCUT2D eigenvalue weighted by molar-refractivity contribution is -0.147. The van der Waals surface area contributed by atoms with Crippen LogP contribution in [0.1, 0.15) is 37.2 Å². The van der Waals surface area contributed by atoms with Gasteiger partial charge in [-0.25, -0.2) is 9.78 Å². The molecule has 0 aliphatic carbocycles. The van der Waals surface area contributed by atoms with E-state index >= 15 is 0 Å². The highest BCUT2D eigenvalue weighted by molar-refractivity contribution is 7.20. The van der Waals surface area contributed by atoms with Gasteiger partial charge in [0.05, 0.1) is 12.0 Å². The number of amides is 1. The quantitative estimate of drug-likeness (QED) is 0.820.